The van der Waals surface area contributed by atoms with Crippen LogP contribution < -0.4 is 0 Å². The normalized spacial score (nSPS) is 18.6. The molecule has 1 heterocycles. The van der Waals surface area contributed by atoms with Crippen molar-refractivity contribution in [2.24, 2.45) is 0 Å². The highest BCUT2D eigenvalue weighted by Crippen LogP contribution is 2.28. The zero-order valence-electron chi connectivity index (χ0n) is 9.06. The summed E-state index contributed by atoms with van der Waals surface area (Å²) in [6.45, 7) is 1.66. The van der Waals surface area contributed by atoms with Gasteiger partial charge in [-0.25, -0.2) is 9.00 Å². The molecule has 0 fully saturated rings. The van der Waals surface area contributed by atoms with Gasteiger partial charge in [-0.05, 0) is 24.6 Å². The highest BCUT2D eigenvalue weighted by Gasteiger charge is 2.25. The smallest absolute Gasteiger partial charge is 0.335 e. The predicted octanol–water partition coefficient (Wildman–Crippen LogP) is 1.38. The molecule has 1 unspecified atom stereocenters. The summed E-state index contributed by atoms with van der Waals surface area (Å²) in [4.78, 5) is 23.4. The average molecular weight is 270 g/mol. The molecule has 0 radical (unpaired) electrons. The zero-order valence-corrected chi connectivity index (χ0v) is 10.7. The Morgan fingerprint density at radius 2 is 2.18 bits per heavy atom. The van der Waals surface area contributed by atoms with Gasteiger partial charge in [0.05, 0.1) is 5.56 Å². The van der Waals surface area contributed by atoms with E-state index >= 15 is 0 Å². The molecule has 90 valence electrons. The van der Waals surface area contributed by atoms with Crippen LogP contribution in [0.2, 0.25) is 0 Å². The predicted molar refractivity (Wildman–Crippen MR) is 65.7 cm³/mol. The number of carbonyl (C=O) groups excluding carboxylic acids is 1. The molecule has 0 amide bonds. The Labute approximate surface area is 103 Å². The van der Waals surface area contributed by atoms with Crippen LogP contribution in [0.3, 0.4) is 0 Å². The van der Waals surface area contributed by atoms with Crippen LogP contribution in [0.15, 0.2) is 17.0 Å². The van der Waals surface area contributed by atoms with Gasteiger partial charge in [0.25, 0.3) is 0 Å². The van der Waals surface area contributed by atoms with Gasteiger partial charge in [-0.1, -0.05) is 9.45 Å². The number of carboxylic acid groups (broad SMARTS) is 1. The molecule has 4 nitrogen and oxygen atoms in total. The molecule has 1 aliphatic heterocycles. The van der Waals surface area contributed by atoms with Crippen molar-refractivity contribution in [2.75, 3.05) is 5.75 Å². The Hall–Kier alpha value is -1.27. The van der Waals surface area contributed by atoms with E-state index in [1.807, 2.05) is 0 Å². The molecule has 0 saturated heterocycles. The summed E-state index contributed by atoms with van der Waals surface area (Å²) in [6, 6.07) is 2.97. The number of hydrogen-bond donors (Lipinski definition) is 1. The average Bonchev–Trinajstić information content (AvgIpc) is 2.30. The molecule has 1 N–H and O–H groups in total. The van der Waals surface area contributed by atoms with Gasteiger partial charge in [0, 0.05) is 22.6 Å². The van der Waals surface area contributed by atoms with Gasteiger partial charge in [-0.3, -0.25) is 4.79 Å². The van der Waals surface area contributed by atoms with Crippen molar-refractivity contribution < 1.29 is 18.9 Å². The van der Waals surface area contributed by atoms with E-state index in [-0.39, 0.29) is 11.3 Å². The molecule has 0 aromatic heterocycles. The third-order valence-corrected chi connectivity index (χ3v) is 5.97. The molecule has 0 bridgehead atoms. The Morgan fingerprint density at radius 1 is 1.47 bits per heavy atom. The van der Waals surface area contributed by atoms with Crippen molar-refractivity contribution in [1.82, 2.24) is 0 Å². The summed E-state index contributed by atoms with van der Waals surface area (Å²) in [7, 11) is -0.151. The van der Waals surface area contributed by atoms with Crippen molar-refractivity contribution in [3.63, 3.8) is 0 Å². The quantitative estimate of drug-likeness (QED) is 0.837. The standard InChI is InChI=1S/C11H10O4S2/c1-6-7(11(13)14)2-3-8-9(12)4-5-17(16-15)10(6)8/h2-3H,4-5H2,1H3,(H,13,14). The second-order valence-corrected chi connectivity index (χ2v) is 6.97. The number of rotatable bonds is 1. The van der Waals surface area contributed by atoms with E-state index in [0.29, 0.717) is 38.4 Å². The minimum Gasteiger partial charge on any atom is -0.478 e. The van der Waals surface area contributed by atoms with Crippen molar-refractivity contribution >= 4 is 31.4 Å². The van der Waals surface area contributed by atoms with E-state index in [4.69, 9.17) is 5.11 Å². The van der Waals surface area contributed by atoms with E-state index in [1.165, 1.54) is 12.1 Å². The van der Waals surface area contributed by atoms with Gasteiger partial charge in [0.2, 0.25) is 0 Å². The maximum absolute atomic E-state index is 11.7. The first kappa shape index (κ1) is 12.2. The van der Waals surface area contributed by atoms with E-state index in [0.717, 1.165) is 0 Å². The maximum atomic E-state index is 11.7. The topological polar surface area (TPSA) is 71.4 Å². The zero-order chi connectivity index (χ0) is 12.6. The Bertz CT molecular complexity index is 585. The van der Waals surface area contributed by atoms with Crippen molar-refractivity contribution in [3.05, 3.63) is 28.8 Å². The maximum Gasteiger partial charge on any atom is 0.335 e. The third-order valence-electron chi connectivity index (χ3n) is 2.76. The molecular weight excluding hydrogens is 260 g/mol. The monoisotopic (exact) mass is 270 g/mol. The lowest BCUT2D eigenvalue weighted by Gasteiger charge is -2.19. The van der Waals surface area contributed by atoms with Crippen molar-refractivity contribution in [2.45, 2.75) is 18.2 Å². The lowest BCUT2D eigenvalue weighted by atomic mass is 10.0. The number of carboxylic acids is 1. The number of aromatic carboxylic acids is 1. The van der Waals surface area contributed by atoms with Crippen molar-refractivity contribution in [3.8, 4) is 0 Å². The fourth-order valence-corrected chi connectivity index (χ4v) is 4.82. The number of Topliss-reactive ketones (excluding diaryl/α,β-unsaturated/α-hetero) is 1. The summed E-state index contributed by atoms with van der Waals surface area (Å²) < 4.78 is 11.1. The molecular formula is C11H10O4S2. The van der Waals surface area contributed by atoms with E-state index in [2.05, 4.69) is 0 Å². The third kappa shape index (κ3) is 1.98. The summed E-state index contributed by atoms with van der Waals surface area (Å²) >= 11 is 0. The van der Waals surface area contributed by atoms with Crippen LogP contribution in [0.5, 0.6) is 0 Å². The molecule has 2 rings (SSSR count). The molecule has 1 aromatic rings. The minimum absolute atomic E-state index is 0.00200. The second-order valence-electron chi connectivity index (χ2n) is 3.71. The lowest BCUT2D eigenvalue weighted by Crippen LogP contribution is -2.19. The molecule has 1 aromatic carbocycles. The minimum atomic E-state index is -1.03. The van der Waals surface area contributed by atoms with Crippen molar-refractivity contribution in [1.29, 1.82) is 0 Å². The number of benzene rings is 1. The Kier molecular flexibility index (Phi) is 3.26. The highest BCUT2D eigenvalue weighted by molar-refractivity contribution is 8.31. The van der Waals surface area contributed by atoms with Crippen LogP contribution in [0.1, 0.15) is 32.7 Å². The van der Waals surface area contributed by atoms with Gasteiger partial charge in [0.15, 0.2) is 5.78 Å². The second kappa shape index (κ2) is 4.54. The van der Waals surface area contributed by atoms with Gasteiger partial charge in [-0.2, -0.15) is 0 Å². The van der Waals surface area contributed by atoms with Gasteiger partial charge < -0.3 is 5.11 Å². The largest absolute Gasteiger partial charge is 0.478 e. The highest BCUT2D eigenvalue weighted by atomic mass is 32.8. The molecule has 17 heavy (non-hydrogen) atoms. The molecule has 1 atom stereocenters. The van der Waals surface area contributed by atoms with E-state index in [1.54, 1.807) is 6.92 Å². The first-order valence-electron chi connectivity index (χ1n) is 4.97. The number of carbonyl (C=O) groups is 2. The van der Waals surface area contributed by atoms with Crippen LogP contribution in [0.4, 0.5) is 0 Å². The van der Waals surface area contributed by atoms with Crippen LogP contribution in [-0.4, -0.2) is 26.8 Å². The molecule has 6 heteroatoms. The van der Waals surface area contributed by atoms with Gasteiger partial charge >= 0.3 is 5.97 Å². The summed E-state index contributed by atoms with van der Waals surface area (Å²) in [5, 5.41) is 9.03. The molecule has 1 aliphatic rings. The number of fused-ring (bicyclic) bond motifs is 1. The van der Waals surface area contributed by atoms with Crippen LogP contribution in [0.25, 0.3) is 0 Å². The first-order valence-corrected chi connectivity index (χ1v) is 7.62. The fourth-order valence-electron chi connectivity index (χ4n) is 1.93. The van der Waals surface area contributed by atoms with Gasteiger partial charge in [0.1, 0.15) is 10.2 Å². The van der Waals surface area contributed by atoms with Crippen LogP contribution in [-0.2, 0) is 19.7 Å². The van der Waals surface area contributed by atoms with Crippen LogP contribution >= 0.6 is 0 Å². The summed E-state index contributed by atoms with van der Waals surface area (Å²) in [5.74, 6) is -0.509. The molecule has 0 spiro atoms. The Morgan fingerprint density at radius 3 is 2.76 bits per heavy atom. The number of ketones is 1. The van der Waals surface area contributed by atoms with E-state index < -0.39 is 15.4 Å². The van der Waals surface area contributed by atoms with Crippen LogP contribution in [0, 0.1) is 6.92 Å². The first-order chi connectivity index (χ1) is 8.06. The molecule has 0 saturated carbocycles. The lowest BCUT2D eigenvalue weighted by molar-refractivity contribution is 0.0695. The van der Waals surface area contributed by atoms with Gasteiger partial charge in [-0.15, -0.1) is 0 Å². The van der Waals surface area contributed by atoms with E-state index in [9.17, 15) is 13.8 Å². The number of hydrogen-bond acceptors (Lipinski definition) is 3. The summed E-state index contributed by atoms with van der Waals surface area (Å²) in [5.41, 5.74) is 1.24. The summed E-state index contributed by atoms with van der Waals surface area (Å²) in [6.07, 6.45) is 0.372. The Balaban J connectivity index is 2.79. The fraction of sp³-hybridized carbons (Fsp3) is 0.273. The molecule has 0 aliphatic carbocycles. The SMILES string of the molecule is Cc1c(C(=O)O)ccc2c1S(=S=O)CCC2=O.